The quantitative estimate of drug-likeness (QED) is 0.679. The summed E-state index contributed by atoms with van der Waals surface area (Å²) in [5, 5.41) is 5.35. The van der Waals surface area contributed by atoms with Gasteiger partial charge in [0, 0.05) is 58.5 Å². The molecule has 2 aromatic rings. The van der Waals surface area contributed by atoms with Gasteiger partial charge in [0.05, 0.1) is 12.2 Å². The van der Waals surface area contributed by atoms with Gasteiger partial charge >= 0.3 is 6.03 Å². The summed E-state index contributed by atoms with van der Waals surface area (Å²) in [4.78, 5) is 38.3. The van der Waals surface area contributed by atoms with Crippen molar-refractivity contribution >= 4 is 24.1 Å². The van der Waals surface area contributed by atoms with Crippen molar-refractivity contribution in [2.24, 2.45) is 5.10 Å². The fourth-order valence-electron chi connectivity index (χ4n) is 3.87. The summed E-state index contributed by atoms with van der Waals surface area (Å²) in [6.07, 6.45) is 2.86. The molecule has 0 spiro atoms. The van der Waals surface area contributed by atoms with E-state index in [9.17, 15) is 22.8 Å². The molecule has 0 unspecified atom stereocenters. The molecule has 0 radical (unpaired) electrons. The maximum absolute atomic E-state index is 14.1. The van der Waals surface area contributed by atoms with Crippen LogP contribution in [0.4, 0.5) is 23.9 Å². The third-order valence-corrected chi connectivity index (χ3v) is 5.88. The number of hydrazone groups is 1. The number of piperazine rings is 1. The summed E-state index contributed by atoms with van der Waals surface area (Å²) in [5.74, 6) is -2.57. The van der Waals surface area contributed by atoms with Crippen LogP contribution < -0.4 is 4.90 Å². The molecule has 1 aromatic heterocycles. The van der Waals surface area contributed by atoms with Crippen molar-refractivity contribution in [1.29, 1.82) is 0 Å². The highest BCUT2D eigenvalue weighted by atomic mass is 19.1. The zero-order valence-corrected chi connectivity index (χ0v) is 18.8. The van der Waals surface area contributed by atoms with Crippen LogP contribution in [-0.4, -0.2) is 82.7 Å². The van der Waals surface area contributed by atoms with E-state index < -0.39 is 29.4 Å². The number of amides is 3. The van der Waals surface area contributed by atoms with E-state index in [-0.39, 0.29) is 17.7 Å². The van der Waals surface area contributed by atoms with Gasteiger partial charge in [0.2, 0.25) is 5.95 Å². The maximum atomic E-state index is 14.1. The van der Waals surface area contributed by atoms with E-state index in [0.29, 0.717) is 44.7 Å². The Morgan fingerprint density at radius 2 is 1.76 bits per heavy atom. The topological polar surface area (TPSA) is 85.2 Å². The molecule has 2 aliphatic rings. The fourth-order valence-corrected chi connectivity index (χ4v) is 3.87. The van der Waals surface area contributed by atoms with Gasteiger partial charge in [-0.05, 0) is 24.6 Å². The van der Waals surface area contributed by atoms with Crippen molar-refractivity contribution in [3.8, 4) is 0 Å². The van der Waals surface area contributed by atoms with Crippen molar-refractivity contribution in [2.75, 3.05) is 44.7 Å². The highest BCUT2D eigenvalue weighted by Crippen LogP contribution is 2.30. The van der Waals surface area contributed by atoms with E-state index in [4.69, 9.17) is 0 Å². The molecule has 0 N–H and O–H groups in total. The minimum atomic E-state index is -0.797. The number of rotatable bonds is 4. The number of halogens is 3. The molecule has 34 heavy (non-hydrogen) atoms. The molecule has 1 aromatic carbocycles. The summed E-state index contributed by atoms with van der Waals surface area (Å²) in [6, 6.07) is 2.19. The van der Waals surface area contributed by atoms with Crippen molar-refractivity contribution in [2.45, 2.75) is 19.4 Å². The number of nitrogens with zero attached hydrogens (tertiary/aromatic N) is 7. The Morgan fingerprint density at radius 3 is 2.41 bits per heavy atom. The van der Waals surface area contributed by atoms with Crippen molar-refractivity contribution in [3.63, 3.8) is 0 Å². The lowest BCUT2D eigenvalue weighted by molar-refractivity contribution is 0.0791. The third kappa shape index (κ3) is 4.66. The first-order valence-electron chi connectivity index (χ1n) is 10.9. The van der Waals surface area contributed by atoms with Gasteiger partial charge in [-0.25, -0.2) is 32.9 Å². The van der Waals surface area contributed by atoms with Crippen LogP contribution in [0.2, 0.25) is 0 Å². The van der Waals surface area contributed by atoms with Crippen molar-refractivity contribution in [3.05, 3.63) is 53.1 Å². The second kappa shape index (κ2) is 9.65. The normalized spacial score (nSPS) is 17.9. The first-order valence-corrected chi connectivity index (χ1v) is 10.9. The Bertz CT molecular complexity index is 1100. The van der Waals surface area contributed by atoms with Crippen molar-refractivity contribution in [1.82, 2.24) is 24.8 Å². The van der Waals surface area contributed by atoms with E-state index in [1.54, 1.807) is 30.0 Å². The van der Waals surface area contributed by atoms with Crippen LogP contribution in [0.25, 0.3) is 0 Å². The number of aromatic nitrogens is 2. The largest absolute Gasteiger partial charge is 0.341 e. The molecule has 3 heterocycles. The average Bonchev–Trinajstić information content (AvgIpc) is 3.32. The summed E-state index contributed by atoms with van der Waals surface area (Å²) in [7, 11) is 1.56. The molecule has 1 saturated heterocycles. The van der Waals surface area contributed by atoms with Gasteiger partial charge in [0.25, 0.3) is 5.91 Å². The average molecular weight is 475 g/mol. The fraction of sp³-hybridized carbons (Fsp3) is 0.409. The number of carbonyl (C=O) groups is 2. The standard InChI is InChI=1S/C22H24F3N7O2/c1-3-29(2)20(33)19-17(25)13-26-21(28-19)30-6-8-31(9-7-30)22(34)32-18(4-5-27-32)14-10-15(23)12-16(24)11-14/h5,10-13,18H,3-4,6-9H2,1-2H3/t18-/m0/s1. The number of hydrogen-bond acceptors (Lipinski definition) is 6. The molecule has 0 aliphatic carbocycles. The van der Waals surface area contributed by atoms with Crippen LogP contribution in [0, 0.1) is 17.5 Å². The summed E-state index contributed by atoms with van der Waals surface area (Å²) in [5.41, 5.74) is 0.0281. The Hall–Kier alpha value is -3.70. The van der Waals surface area contributed by atoms with Gasteiger partial charge in [0.15, 0.2) is 11.5 Å². The van der Waals surface area contributed by atoms with Crippen LogP contribution in [-0.2, 0) is 0 Å². The maximum Gasteiger partial charge on any atom is 0.341 e. The second-order valence-electron chi connectivity index (χ2n) is 8.04. The van der Waals surface area contributed by atoms with Crippen LogP contribution in [0.15, 0.2) is 29.5 Å². The molecule has 0 bridgehead atoms. The monoisotopic (exact) mass is 475 g/mol. The third-order valence-electron chi connectivity index (χ3n) is 5.88. The molecule has 1 fully saturated rings. The van der Waals surface area contributed by atoms with Crippen LogP contribution in [0.3, 0.4) is 0 Å². The molecule has 1 atom stereocenters. The van der Waals surface area contributed by atoms with Crippen LogP contribution >= 0.6 is 0 Å². The molecule has 4 rings (SSSR count). The summed E-state index contributed by atoms with van der Waals surface area (Å²) in [6.45, 7) is 3.48. The zero-order valence-electron chi connectivity index (χ0n) is 18.8. The molecular weight excluding hydrogens is 451 g/mol. The van der Waals surface area contributed by atoms with Gasteiger partial charge in [-0.15, -0.1) is 0 Å². The second-order valence-corrected chi connectivity index (χ2v) is 8.04. The van der Waals surface area contributed by atoms with Crippen molar-refractivity contribution < 1.29 is 22.8 Å². The van der Waals surface area contributed by atoms with Gasteiger partial charge < -0.3 is 14.7 Å². The molecule has 0 saturated carbocycles. The highest BCUT2D eigenvalue weighted by molar-refractivity contribution is 5.92. The predicted octanol–water partition coefficient (Wildman–Crippen LogP) is 2.66. The van der Waals surface area contributed by atoms with Gasteiger partial charge in [0.1, 0.15) is 11.6 Å². The molecule has 9 nitrogen and oxygen atoms in total. The minimum Gasteiger partial charge on any atom is -0.341 e. The SMILES string of the molecule is CCN(C)C(=O)c1nc(N2CCN(C(=O)N3N=CC[C@H]3c3cc(F)cc(F)c3)CC2)ncc1F. The molecule has 180 valence electrons. The summed E-state index contributed by atoms with van der Waals surface area (Å²) < 4.78 is 41.5. The predicted molar refractivity (Wildman–Crippen MR) is 118 cm³/mol. The summed E-state index contributed by atoms with van der Waals surface area (Å²) >= 11 is 0. The minimum absolute atomic E-state index is 0.202. The van der Waals surface area contributed by atoms with E-state index in [1.165, 1.54) is 22.0 Å². The zero-order chi connectivity index (χ0) is 24.4. The number of urea groups is 1. The number of benzene rings is 1. The first kappa shape index (κ1) is 23.5. The van der Waals surface area contributed by atoms with E-state index in [2.05, 4.69) is 15.1 Å². The van der Waals surface area contributed by atoms with Crippen LogP contribution in [0.5, 0.6) is 0 Å². The Labute approximate surface area is 194 Å². The van der Waals surface area contributed by atoms with E-state index in [0.717, 1.165) is 12.3 Å². The molecule has 2 aliphatic heterocycles. The number of anilines is 1. The Morgan fingerprint density at radius 1 is 1.09 bits per heavy atom. The van der Waals surface area contributed by atoms with Gasteiger partial charge in [-0.2, -0.15) is 5.10 Å². The smallest absolute Gasteiger partial charge is 0.341 e. The van der Waals surface area contributed by atoms with E-state index >= 15 is 0 Å². The lowest BCUT2D eigenvalue weighted by atomic mass is 10.0. The first-order chi connectivity index (χ1) is 16.3. The highest BCUT2D eigenvalue weighted by Gasteiger charge is 2.34. The number of hydrogen-bond donors (Lipinski definition) is 0. The van der Waals surface area contributed by atoms with Crippen LogP contribution in [0.1, 0.15) is 35.4 Å². The molecule has 3 amide bonds. The lowest BCUT2D eigenvalue weighted by Gasteiger charge is -2.37. The lowest BCUT2D eigenvalue weighted by Crippen LogP contribution is -2.52. The van der Waals surface area contributed by atoms with E-state index in [1.807, 2.05) is 0 Å². The number of carbonyl (C=O) groups excluding carboxylic acids is 2. The Balaban J connectivity index is 1.43. The molecule has 12 heteroatoms. The van der Waals surface area contributed by atoms with Gasteiger partial charge in [-0.1, -0.05) is 0 Å². The van der Waals surface area contributed by atoms with Gasteiger partial charge in [-0.3, -0.25) is 4.79 Å². The molecular formula is C22H24F3N7O2. The Kier molecular flexibility index (Phi) is 6.66.